The van der Waals surface area contributed by atoms with Crippen LogP contribution in [0.25, 0.3) is 10.2 Å². The summed E-state index contributed by atoms with van der Waals surface area (Å²) in [7, 11) is 1.63. The Bertz CT molecular complexity index is 738. The van der Waals surface area contributed by atoms with Crippen molar-refractivity contribution < 1.29 is 9.53 Å². The smallest absolute Gasteiger partial charge is 0.261 e. The molecule has 1 amide bonds. The molecule has 3 rings (SSSR count). The average Bonchev–Trinajstić information content (AvgIpc) is 2.92. The first-order chi connectivity index (χ1) is 11.6. The summed E-state index contributed by atoms with van der Waals surface area (Å²) in [5.74, 6) is 1.69. The maximum Gasteiger partial charge on any atom is 0.261 e. The Kier molecular flexibility index (Phi) is 5.30. The molecule has 0 spiro atoms. The highest BCUT2D eigenvalue weighted by atomic mass is 32.1. The molecule has 1 aliphatic heterocycles. The van der Waals surface area contributed by atoms with Crippen LogP contribution in [0.4, 0.5) is 5.82 Å². The zero-order valence-corrected chi connectivity index (χ0v) is 15.3. The van der Waals surface area contributed by atoms with E-state index in [9.17, 15) is 4.79 Å². The number of nitrogens with one attached hydrogen (secondary N) is 1. The highest BCUT2D eigenvalue weighted by Gasteiger charge is 2.23. The summed E-state index contributed by atoms with van der Waals surface area (Å²) < 4.78 is 4.99. The Morgan fingerprint density at radius 1 is 1.25 bits per heavy atom. The number of hydrogen-bond acceptors (Lipinski definition) is 6. The molecular formula is C17H24N4O2S. The molecule has 0 bridgehead atoms. The molecule has 6 nitrogen and oxygen atoms in total. The maximum atomic E-state index is 12.5. The van der Waals surface area contributed by atoms with Gasteiger partial charge in [-0.05, 0) is 38.7 Å². The Balaban J connectivity index is 1.99. The lowest BCUT2D eigenvalue weighted by atomic mass is 10.1. The average molecular weight is 348 g/mol. The van der Waals surface area contributed by atoms with E-state index in [0.29, 0.717) is 13.2 Å². The fraction of sp³-hybridized carbons (Fsp3) is 0.588. The van der Waals surface area contributed by atoms with Gasteiger partial charge in [0.25, 0.3) is 5.91 Å². The number of nitrogens with zero attached hydrogens (tertiary/aromatic N) is 3. The van der Waals surface area contributed by atoms with Crippen molar-refractivity contribution in [3.63, 3.8) is 0 Å². The normalized spacial score (nSPS) is 15.0. The predicted octanol–water partition coefficient (Wildman–Crippen LogP) is 2.67. The molecule has 1 N–H and O–H groups in total. The Morgan fingerprint density at radius 2 is 2.00 bits per heavy atom. The molecule has 24 heavy (non-hydrogen) atoms. The van der Waals surface area contributed by atoms with Gasteiger partial charge in [-0.25, -0.2) is 9.97 Å². The summed E-state index contributed by atoms with van der Waals surface area (Å²) in [6.45, 7) is 6.98. The van der Waals surface area contributed by atoms with Crippen LogP contribution in [-0.4, -0.2) is 49.2 Å². The van der Waals surface area contributed by atoms with E-state index in [2.05, 4.69) is 15.2 Å². The monoisotopic (exact) mass is 348 g/mol. The van der Waals surface area contributed by atoms with E-state index in [1.54, 1.807) is 7.11 Å². The summed E-state index contributed by atoms with van der Waals surface area (Å²) in [6, 6.07) is 0. The van der Waals surface area contributed by atoms with E-state index in [1.165, 1.54) is 30.6 Å². The van der Waals surface area contributed by atoms with Gasteiger partial charge in [0.15, 0.2) is 0 Å². The van der Waals surface area contributed by atoms with Gasteiger partial charge < -0.3 is 15.0 Å². The fourth-order valence-electron chi connectivity index (χ4n) is 3.12. The van der Waals surface area contributed by atoms with Gasteiger partial charge >= 0.3 is 0 Å². The third kappa shape index (κ3) is 3.37. The van der Waals surface area contributed by atoms with Gasteiger partial charge in [0.05, 0.1) is 16.9 Å². The molecule has 7 heteroatoms. The van der Waals surface area contributed by atoms with Crippen molar-refractivity contribution in [1.29, 1.82) is 0 Å². The lowest BCUT2D eigenvalue weighted by Crippen LogP contribution is -2.30. The number of thiophene rings is 1. The predicted molar refractivity (Wildman–Crippen MR) is 97.2 cm³/mol. The van der Waals surface area contributed by atoms with E-state index in [1.807, 2.05) is 13.8 Å². The summed E-state index contributed by atoms with van der Waals surface area (Å²) in [5, 5.41) is 3.93. The van der Waals surface area contributed by atoms with Gasteiger partial charge in [0.1, 0.15) is 16.5 Å². The molecule has 1 saturated heterocycles. The van der Waals surface area contributed by atoms with Crippen LogP contribution in [-0.2, 0) is 4.74 Å². The molecule has 0 aromatic carbocycles. The Hall–Kier alpha value is -1.73. The van der Waals surface area contributed by atoms with Crippen LogP contribution < -0.4 is 10.2 Å². The van der Waals surface area contributed by atoms with Gasteiger partial charge in [-0.15, -0.1) is 11.3 Å². The summed E-state index contributed by atoms with van der Waals surface area (Å²) in [4.78, 5) is 25.7. The Labute approximate surface area is 146 Å². The van der Waals surface area contributed by atoms with Crippen LogP contribution in [0.2, 0.25) is 0 Å². The molecule has 0 radical (unpaired) electrons. The van der Waals surface area contributed by atoms with Crippen LogP contribution >= 0.6 is 11.3 Å². The number of hydrogen-bond donors (Lipinski definition) is 1. The first-order valence-electron chi connectivity index (χ1n) is 8.41. The minimum absolute atomic E-state index is 0.0604. The fourth-order valence-corrected chi connectivity index (χ4v) is 4.26. The van der Waals surface area contributed by atoms with Gasteiger partial charge in [-0.2, -0.15) is 0 Å². The lowest BCUT2D eigenvalue weighted by Gasteiger charge is -2.28. The Morgan fingerprint density at radius 3 is 2.71 bits per heavy atom. The van der Waals surface area contributed by atoms with Crippen molar-refractivity contribution >= 4 is 33.3 Å². The third-order valence-electron chi connectivity index (χ3n) is 4.34. The number of rotatable bonds is 5. The second-order valence-corrected chi connectivity index (χ2v) is 7.13. The molecule has 1 aliphatic rings. The molecule has 3 heterocycles. The number of aryl methyl sites for hydroxylation is 2. The number of anilines is 1. The minimum Gasteiger partial charge on any atom is -0.383 e. The number of ether oxygens (including phenoxy) is 1. The van der Waals surface area contributed by atoms with E-state index >= 15 is 0 Å². The van der Waals surface area contributed by atoms with Crippen LogP contribution in [0.3, 0.4) is 0 Å². The second kappa shape index (κ2) is 7.44. The third-order valence-corrected chi connectivity index (χ3v) is 5.52. The minimum atomic E-state index is -0.0604. The highest BCUT2D eigenvalue weighted by molar-refractivity contribution is 7.20. The molecule has 0 saturated carbocycles. The quantitative estimate of drug-likeness (QED) is 0.842. The lowest BCUT2D eigenvalue weighted by molar-refractivity contribution is 0.0940. The molecular weight excluding hydrogens is 324 g/mol. The molecule has 0 unspecified atom stereocenters. The molecule has 2 aromatic rings. The van der Waals surface area contributed by atoms with Crippen molar-refractivity contribution in [1.82, 2.24) is 15.3 Å². The van der Waals surface area contributed by atoms with E-state index in [-0.39, 0.29) is 5.91 Å². The SMILES string of the molecule is COCCNC(=O)c1sc2nc(C)nc(N3CCCCC3)c2c1C. The van der Waals surface area contributed by atoms with Gasteiger partial charge in [0, 0.05) is 26.7 Å². The number of piperidine rings is 1. The summed E-state index contributed by atoms with van der Waals surface area (Å²) >= 11 is 1.45. The number of fused-ring (bicyclic) bond motifs is 1. The number of methoxy groups -OCH3 is 1. The molecule has 0 aliphatic carbocycles. The molecule has 1 fully saturated rings. The summed E-state index contributed by atoms with van der Waals surface area (Å²) in [6.07, 6.45) is 3.66. The van der Waals surface area contributed by atoms with Gasteiger partial charge in [-0.1, -0.05) is 0 Å². The first-order valence-corrected chi connectivity index (χ1v) is 9.23. The number of carbonyl (C=O) groups excluding carboxylic acids is 1. The van der Waals surface area contributed by atoms with Crippen molar-refractivity contribution in [2.24, 2.45) is 0 Å². The van der Waals surface area contributed by atoms with E-state index in [4.69, 9.17) is 9.72 Å². The number of carbonyl (C=O) groups is 1. The molecule has 2 aromatic heterocycles. The van der Waals surface area contributed by atoms with Crippen molar-refractivity contribution in [3.8, 4) is 0 Å². The molecule has 130 valence electrons. The van der Waals surface area contributed by atoms with Crippen LogP contribution in [0.5, 0.6) is 0 Å². The number of aromatic nitrogens is 2. The highest BCUT2D eigenvalue weighted by Crippen LogP contribution is 2.36. The van der Waals surface area contributed by atoms with Crippen molar-refractivity contribution in [2.45, 2.75) is 33.1 Å². The number of amides is 1. The van der Waals surface area contributed by atoms with E-state index in [0.717, 1.165) is 45.4 Å². The first kappa shape index (κ1) is 17.1. The van der Waals surface area contributed by atoms with Crippen LogP contribution in [0.1, 0.15) is 40.3 Å². The van der Waals surface area contributed by atoms with E-state index < -0.39 is 0 Å². The standard InChI is InChI=1S/C17H24N4O2S/c1-11-13-15(21-8-5-4-6-9-21)19-12(2)20-17(13)24-14(11)16(22)18-7-10-23-3/h4-10H2,1-3H3,(H,18,22). The van der Waals surface area contributed by atoms with Crippen molar-refractivity contribution in [2.75, 3.05) is 38.3 Å². The van der Waals surface area contributed by atoms with Gasteiger partial charge in [0.2, 0.25) is 0 Å². The largest absolute Gasteiger partial charge is 0.383 e. The van der Waals surface area contributed by atoms with Crippen LogP contribution in [0.15, 0.2) is 0 Å². The zero-order chi connectivity index (χ0) is 17.1. The van der Waals surface area contributed by atoms with Crippen molar-refractivity contribution in [3.05, 3.63) is 16.3 Å². The zero-order valence-electron chi connectivity index (χ0n) is 14.5. The van der Waals surface area contributed by atoms with Crippen LogP contribution in [0, 0.1) is 13.8 Å². The molecule has 0 atom stereocenters. The van der Waals surface area contributed by atoms with Gasteiger partial charge in [-0.3, -0.25) is 4.79 Å². The summed E-state index contributed by atoms with van der Waals surface area (Å²) in [5.41, 5.74) is 0.977. The second-order valence-electron chi connectivity index (χ2n) is 6.13. The topological polar surface area (TPSA) is 67.3 Å². The maximum absolute atomic E-state index is 12.5.